The fourth-order valence-electron chi connectivity index (χ4n) is 5.20. The summed E-state index contributed by atoms with van der Waals surface area (Å²) in [6, 6.07) is 0.361. The lowest BCUT2D eigenvalue weighted by Crippen LogP contribution is -2.54. The zero-order chi connectivity index (χ0) is 24.9. The number of rotatable bonds is 7. The Kier molecular flexibility index (Phi) is 6.47. The first kappa shape index (κ1) is 24.4. The summed E-state index contributed by atoms with van der Waals surface area (Å²) in [7, 11) is 0. The average molecular weight is 518 g/mol. The lowest BCUT2D eigenvalue weighted by Gasteiger charge is -2.41. The standard InChI is InChI=1S/C23H25F6N5S/c1-12-5-15-19(32-22-21(15)35-11-30-22)20(34(12)10-23(27,28)29)18-16(25)6-13(7-17(18)26)31-14-8-33(9-14)4-2-3-24/h6-7,11-12,14,20,31-32H,2-5,8-10H2,1H3/t12-,20-/m0/s1. The van der Waals surface area contributed by atoms with Crippen LogP contribution < -0.4 is 5.32 Å². The number of halogens is 6. The second-order valence-corrected chi connectivity index (χ2v) is 10.1. The first-order chi connectivity index (χ1) is 16.6. The molecule has 5 rings (SSSR count). The molecular weight excluding hydrogens is 492 g/mol. The second-order valence-electron chi connectivity index (χ2n) is 9.29. The predicted octanol–water partition coefficient (Wildman–Crippen LogP) is 5.26. The first-order valence-electron chi connectivity index (χ1n) is 11.4. The van der Waals surface area contributed by atoms with Gasteiger partial charge < -0.3 is 10.3 Å². The molecule has 35 heavy (non-hydrogen) atoms. The fourth-order valence-corrected chi connectivity index (χ4v) is 6.01. The van der Waals surface area contributed by atoms with Gasteiger partial charge >= 0.3 is 6.18 Å². The molecule has 1 saturated heterocycles. The van der Waals surface area contributed by atoms with E-state index in [9.17, 15) is 17.6 Å². The van der Waals surface area contributed by atoms with E-state index in [0.29, 0.717) is 43.8 Å². The van der Waals surface area contributed by atoms with Crippen molar-refractivity contribution in [2.75, 3.05) is 38.2 Å². The van der Waals surface area contributed by atoms with Crippen LogP contribution in [0.5, 0.6) is 0 Å². The molecule has 190 valence electrons. The van der Waals surface area contributed by atoms with Crippen LogP contribution in [0.2, 0.25) is 0 Å². The van der Waals surface area contributed by atoms with Crippen LogP contribution in [0.4, 0.5) is 32.0 Å². The first-order valence-corrected chi connectivity index (χ1v) is 12.3. The maximum atomic E-state index is 15.5. The lowest BCUT2D eigenvalue weighted by atomic mass is 9.89. The molecule has 4 heterocycles. The maximum Gasteiger partial charge on any atom is 0.401 e. The summed E-state index contributed by atoms with van der Waals surface area (Å²) < 4.78 is 84.5. The molecule has 0 unspecified atom stereocenters. The van der Waals surface area contributed by atoms with E-state index in [-0.39, 0.29) is 11.7 Å². The SMILES string of the molecule is C[C@H]1Cc2c([nH]c3ncsc23)[C@H](c2c(F)cc(NC3CN(CCCF)C3)cc2F)N1CC(F)(F)F. The van der Waals surface area contributed by atoms with Crippen molar-refractivity contribution in [2.24, 2.45) is 0 Å². The third kappa shape index (κ3) is 4.75. The summed E-state index contributed by atoms with van der Waals surface area (Å²) in [4.78, 5) is 10.4. The van der Waals surface area contributed by atoms with Gasteiger partial charge in [0.2, 0.25) is 0 Å². The van der Waals surface area contributed by atoms with Crippen LogP contribution >= 0.6 is 11.3 Å². The molecule has 1 aromatic carbocycles. The maximum absolute atomic E-state index is 15.5. The van der Waals surface area contributed by atoms with Crippen LogP contribution in [-0.2, 0) is 6.42 Å². The van der Waals surface area contributed by atoms with Gasteiger partial charge in [-0.25, -0.2) is 13.8 Å². The molecular formula is C23H25F6N5S. The number of fused-ring (bicyclic) bond motifs is 3. The van der Waals surface area contributed by atoms with E-state index in [0.717, 1.165) is 27.3 Å². The van der Waals surface area contributed by atoms with Gasteiger partial charge in [0.15, 0.2) is 0 Å². The Bertz CT molecular complexity index is 1180. The number of hydrogen-bond donors (Lipinski definition) is 2. The highest BCUT2D eigenvalue weighted by Gasteiger charge is 2.44. The van der Waals surface area contributed by atoms with Crippen LogP contribution in [0.25, 0.3) is 10.3 Å². The van der Waals surface area contributed by atoms with Crippen LogP contribution in [-0.4, -0.2) is 70.9 Å². The molecule has 0 amide bonds. The Hall–Kier alpha value is -2.31. The number of anilines is 1. The lowest BCUT2D eigenvalue weighted by molar-refractivity contribution is -0.155. The van der Waals surface area contributed by atoms with Gasteiger partial charge in [-0.2, -0.15) is 13.2 Å². The highest BCUT2D eigenvalue weighted by atomic mass is 32.1. The number of hydrogen-bond acceptors (Lipinski definition) is 5. The van der Waals surface area contributed by atoms with E-state index in [2.05, 4.69) is 15.3 Å². The minimum Gasteiger partial charge on any atom is -0.380 e. The molecule has 2 atom stereocenters. The fraction of sp³-hybridized carbons (Fsp3) is 0.522. The predicted molar refractivity (Wildman–Crippen MR) is 123 cm³/mol. The topological polar surface area (TPSA) is 47.2 Å². The third-order valence-corrected chi connectivity index (χ3v) is 7.63. The van der Waals surface area contributed by atoms with Crippen LogP contribution in [0.3, 0.4) is 0 Å². The van der Waals surface area contributed by atoms with Gasteiger partial charge in [0, 0.05) is 42.6 Å². The molecule has 0 saturated carbocycles. The molecule has 2 aliphatic rings. The minimum atomic E-state index is -4.54. The number of aromatic nitrogens is 2. The van der Waals surface area contributed by atoms with E-state index >= 15 is 8.78 Å². The molecule has 2 aliphatic heterocycles. The quantitative estimate of drug-likeness (QED) is 0.420. The Morgan fingerprint density at radius 2 is 1.91 bits per heavy atom. The molecule has 3 aromatic rings. The Morgan fingerprint density at radius 1 is 1.20 bits per heavy atom. The summed E-state index contributed by atoms with van der Waals surface area (Å²) in [6.07, 6.45) is -3.79. The number of likely N-dealkylation sites (tertiary alicyclic amines) is 1. The average Bonchev–Trinajstić information content (AvgIpc) is 3.32. The highest BCUT2D eigenvalue weighted by Crippen LogP contribution is 2.44. The molecule has 2 N–H and O–H groups in total. The number of aromatic amines is 1. The monoisotopic (exact) mass is 517 g/mol. The van der Waals surface area contributed by atoms with Gasteiger partial charge in [-0.1, -0.05) is 0 Å². The molecule has 12 heteroatoms. The van der Waals surface area contributed by atoms with Crippen LogP contribution in [0.1, 0.15) is 36.2 Å². The zero-order valence-corrected chi connectivity index (χ0v) is 19.7. The van der Waals surface area contributed by atoms with Crippen molar-refractivity contribution in [1.82, 2.24) is 19.8 Å². The zero-order valence-electron chi connectivity index (χ0n) is 18.9. The third-order valence-electron chi connectivity index (χ3n) is 6.74. The number of benzene rings is 1. The van der Waals surface area contributed by atoms with E-state index in [1.807, 2.05) is 4.90 Å². The van der Waals surface area contributed by atoms with E-state index in [1.165, 1.54) is 11.3 Å². The van der Waals surface area contributed by atoms with Gasteiger partial charge in [-0.15, -0.1) is 11.3 Å². The molecule has 1 fully saturated rings. The summed E-state index contributed by atoms with van der Waals surface area (Å²) in [5, 5.41) is 3.07. The van der Waals surface area contributed by atoms with Crippen LogP contribution in [0, 0.1) is 11.6 Å². The summed E-state index contributed by atoms with van der Waals surface area (Å²) in [5.74, 6) is -1.83. The van der Waals surface area contributed by atoms with Crippen LogP contribution in [0.15, 0.2) is 17.6 Å². The van der Waals surface area contributed by atoms with Gasteiger partial charge in [0.25, 0.3) is 0 Å². The molecule has 0 radical (unpaired) electrons. The van der Waals surface area contributed by atoms with E-state index < -0.39 is 48.7 Å². The Labute approximate surface area is 202 Å². The summed E-state index contributed by atoms with van der Waals surface area (Å²) in [6.45, 7) is 1.82. The van der Waals surface area contributed by atoms with Gasteiger partial charge in [-0.05, 0) is 37.5 Å². The molecule has 0 bridgehead atoms. The molecule has 5 nitrogen and oxygen atoms in total. The van der Waals surface area contributed by atoms with Crippen molar-refractivity contribution < 1.29 is 26.3 Å². The van der Waals surface area contributed by atoms with E-state index in [1.54, 1.807) is 12.4 Å². The van der Waals surface area contributed by atoms with Crippen molar-refractivity contribution in [2.45, 2.75) is 44.1 Å². The van der Waals surface area contributed by atoms with Gasteiger partial charge in [0.05, 0.1) is 35.5 Å². The van der Waals surface area contributed by atoms with Crippen molar-refractivity contribution in [3.63, 3.8) is 0 Å². The van der Waals surface area contributed by atoms with Crippen molar-refractivity contribution in [3.8, 4) is 0 Å². The molecule has 0 spiro atoms. The number of nitrogens with one attached hydrogen (secondary N) is 2. The highest BCUT2D eigenvalue weighted by molar-refractivity contribution is 7.16. The Morgan fingerprint density at radius 3 is 2.57 bits per heavy atom. The number of thiazole rings is 1. The normalized spacial score (nSPS) is 21.9. The minimum absolute atomic E-state index is 0.0384. The summed E-state index contributed by atoms with van der Waals surface area (Å²) >= 11 is 1.35. The largest absolute Gasteiger partial charge is 0.401 e. The molecule has 2 aromatic heterocycles. The van der Waals surface area contributed by atoms with Gasteiger partial charge in [0.1, 0.15) is 17.3 Å². The second kappa shape index (κ2) is 9.29. The Balaban J connectivity index is 1.47. The van der Waals surface area contributed by atoms with Crippen molar-refractivity contribution in [3.05, 3.63) is 46.1 Å². The number of nitrogens with zero attached hydrogens (tertiary/aromatic N) is 3. The summed E-state index contributed by atoms with van der Waals surface area (Å²) in [5.41, 5.74) is 3.04. The smallest absolute Gasteiger partial charge is 0.380 e. The van der Waals surface area contributed by atoms with Crippen molar-refractivity contribution >= 4 is 27.4 Å². The van der Waals surface area contributed by atoms with Gasteiger partial charge in [-0.3, -0.25) is 14.2 Å². The van der Waals surface area contributed by atoms with E-state index in [4.69, 9.17) is 0 Å². The van der Waals surface area contributed by atoms with Crippen molar-refractivity contribution in [1.29, 1.82) is 0 Å². The number of H-pyrrole nitrogens is 1. The number of alkyl halides is 4. The molecule has 0 aliphatic carbocycles.